The molecule has 0 atom stereocenters. The van der Waals surface area contributed by atoms with Crippen LogP contribution in [0.1, 0.15) is 29.3 Å². The first kappa shape index (κ1) is 17.2. The Labute approximate surface area is 125 Å². The first-order chi connectivity index (χ1) is 10.1. The van der Waals surface area contributed by atoms with Crippen molar-refractivity contribution >= 4 is 11.9 Å². The van der Waals surface area contributed by atoms with E-state index in [9.17, 15) is 9.59 Å². The fourth-order valence-corrected chi connectivity index (χ4v) is 1.96. The first-order valence-corrected chi connectivity index (χ1v) is 7.09. The highest BCUT2D eigenvalue weighted by Crippen LogP contribution is 2.11. The summed E-state index contributed by atoms with van der Waals surface area (Å²) in [6, 6.07) is 7.42. The summed E-state index contributed by atoms with van der Waals surface area (Å²) < 4.78 is 9.93. The van der Waals surface area contributed by atoms with Gasteiger partial charge in [0.1, 0.15) is 0 Å². The minimum Gasteiger partial charge on any atom is -0.466 e. The smallest absolute Gasteiger partial charge is 0.307 e. The summed E-state index contributed by atoms with van der Waals surface area (Å²) in [5, 5.41) is 0. The zero-order valence-corrected chi connectivity index (χ0v) is 12.9. The van der Waals surface area contributed by atoms with Gasteiger partial charge in [-0.1, -0.05) is 18.2 Å². The second kappa shape index (κ2) is 9.13. The normalized spacial score (nSPS) is 10.2. The summed E-state index contributed by atoms with van der Waals surface area (Å²) in [6.07, 6.45) is 0.190. The third-order valence-electron chi connectivity index (χ3n) is 3.12. The summed E-state index contributed by atoms with van der Waals surface area (Å²) in [6.45, 7) is 5.22. The van der Waals surface area contributed by atoms with Crippen molar-refractivity contribution in [3.63, 3.8) is 0 Å². The Balaban J connectivity index is 2.74. The van der Waals surface area contributed by atoms with Gasteiger partial charge in [0.25, 0.3) is 5.91 Å². The molecule has 0 unspecified atom stereocenters. The van der Waals surface area contributed by atoms with E-state index in [0.29, 0.717) is 31.9 Å². The summed E-state index contributed by atoms with van der Waals surface area (Å²) >= 11 is 0. The number of methoxy groups -OCH3 is 1. The number of ether oxygens (including phenoxy) is 2. The molecule has 0 aliphatic heterocycles. The van der Waals surface area contributed by atoms with Crippen molar-refractivity contribution in [1.29, 1.82) is 0 Å². The number of amides is 1. The molecule has 0 aliphatic rings. The Hall–Kier alpha value is -1.88. The topological polar surface area (TPSA) is 55.8 Å². The second-order valence-corrected chi connectivity index (χ2v) is 4.65. The monoisotopic (exact) mass is 293 g/mol. The molecule has 5 nitrogen and oxygen atoms in total. The highest BCUT2D eigenvalue weighted by molar-refractivity contribution is 5.95. The predicted molar refractivity (Wildman–Crippen MR) is 80.2 cm³/mol. The molecule has 0 heterocycles. The molecule has 0 radical (unpaired) electrons. The average Bonchev–Trinajstić information content (AvgIpc) is 2.47. The van der Waals surface area contributed by atoms with E-state index < -0.39 is 0 Å². The Morgan fingerprint density at radius 2 is 1.90 bits per heavy atom. The van der Waals surface area contributed by atoms with E-state index >= 15 is 0 Å². The van der Waals surface area contributed by atoms with Crippen LogP contribution < -0.4 is 0 Å². The van der Waals surface area contributed by atoms with Crippen LogP contribution in [-0.4, -0.2) is 50.2 Å². The van der Waals surface area contributed by atoms with Gasteiger partial charge in [-0.3, -0.25) is 9.59 Å². The van der Waals surface area contributed by atoms with Crippen LogP contribution >= 0.6 is 0 Å². The van der Waals surface area contributed by atoms with Crippen molar-refractivity contribution in [1.82, 2.24) is 4.90 Å². The van der Waals surface area contributed by atoms with Crippen molar-refractivity contribution in [2.24, 2.45) is 0 Å². The number of carbonyl (C=O) groups is 2. The molecule has 5 heteroatoms. The van der Waals surface area contributed by atoms with E-state index in [4.69, 9.17) is 9.47 Å². The predicted octanol–water partition coefficient (Wildman–Crippen LogP) is 2.04. The molecule has 0 saturated heterocycles. The number of carbonyl (C=O) groups excluding carboxylic acids is 2. The first-order valence-electron chi connectivity index (χ1n) is 7.09. The SMILES string of the molecule is CCOC(=O)CCN(CCOC)C(=O)c1ccccc1C. The second-order valence-electron chi connectivity index (χ2n) is 4.65. The van der Waals surface area contributed by atoms with Crippen molar-refractivity contribution < 1.29 is 19.1 Å². The van der Waals surface area contributed by atoms with Gasteiger partial charge in [-0.25, -0.2) is 0 Å². The largest absolute Gasteiger partial charge is 0.466 e. The Morgan fingerprint density at radius 3 is 2.52 bits per heavy atom. The Kier molecular flexibility index (Phi) is 7.46. The zero-order chi connectivity index (χ0) is 15.7. The summed E-state index contributed by atoms with van der Waals surface area (Å²) in [4.78, 5) is 25.6. The van der Waals surface area contributed by atoms with Crippen LogP contribution in [0, 0.1) is 6.92 Å². The highest BCUT2D eigenvalue weighted by atomic mass is 16.5. The van der Waals surface area contributed by atoms with Gasteiger partial charge in [0, 0.05) is 25.8 Å². The van der Waals surface area contributed by atoms with Crippen LogP contribution in [0.3, 0.4) is 0 Å². The molecule has 21 heavy (non-hydrogen) atoms. The Bertz CT molecular complexity index is 473. The lowest BCUT2D eigenvalue weighted by Crippen LogP contribution is -2.36. The van der Waals surface area contributed by atoms with Gasteiger partial charge in [0.15, 0.2) is 0 Å². The van der Waals surface area contributed by atoms with E-state index in [1.54, 1.807) is 25.0 Å². The maximum absolute atomic E-state index is 12.6. The molecule has 0 aliphatic carbocycles. The van der Waals surface area contributed by atoms with E-state index in [1.807, 2.05) is 25.1 Å². The van der Waals surface area contributed by atoms with Gasteiger partial charge in [-0.05, 0) is 25.5 Å². The molecule has 1 aromatic rings. The minimum absolute atomic E-state index is 0.0885. The van der Waals surface area contributed by atoms with Gasteiger partial charge in [0.05, 0.1) is 19.6 Å². The van der Waals surface area contributed by atoms with E-state index in [-0.39, 0.29) is 18.3 Å². The molecule has 116 valence electrons. The van der Waals surface area contributed by atoms with Crippen LogP contribution in [-0.2, 0) is 14.3 Å². The van der Waals surface area contributed by atoms with Gasteiger partial charge >= 0.3 is 5.97 Å². The standard InChI is InChI=1S/C16H23NO4/c1-4-21-15(18)9-10-17(11-12-20-3)16(19)14-8-6-5-7-13(14)2/h5-8H,4,9-12H2,1-3H3. The number of rotatable bonds is 8. The van der Waals surface area contributed by atoms with Gasteiger partial charge in [0.2, 0.25) is 0 Å². The fraction of sp³-hybridized carbons (Fsp3) is 0.500. The number of hydrogen-bond acceptors (Lipinski definition) is 4. The maximum atomic E-state index is 12.6. The lowest BCUT2D eigenvalue weighted by atomic mass is 10.1. The minimum atomic E-state index is -0.294. The van der Waals surface area contributed by atoms with Crippen LogP contribution in [0.15, 0.2) is 24.3 Å². The molecule has 1 amide bonds. The molecule has 1 aromatic carbocycles. The van der Waals surface area contributed by atoms with Crippen molar-refractivity contribution in [3.05, 3.63) is 35.4 Å². The quantitative estimate of drug-likeness (QED) is 0.688. The molecule has 0 aromatic heterocycles. The molecule has 0 spiro atoms. The molecule has 1 rings (SSSR count). The zero-order valence-electron chi connectivity index (χ0n) is 12.9. The van der Waals surface area contributed by atoms with Crippen molar-refractivity contribution in [2.75, 3.05) is 33.4 Å². The number of nitrogens with zero attached hydrogens (tertiary/aromatic N) is 1. The number of esters is 1. The molecule has 0 N–H and O–H groups in total. The third-order valence-corrected chi connectivity index (χ3v) is 3.12. The van der Waals surface area contributed by atoms with E-state index in [1.165, 1.54) is 0 Å². The maximum Gasteiger partial charge on any atom is 0.307 e. The van der Waals surface area contributed by atoms with Crippen LogP contribution in [0.25, 0.3) is 0 Å². The molecule has 0 bridgehead atoms. The lowest BCUT2D eigenvalue weighted by Gasteiger charge is -2.23. The lowest BCUT2D eigenvalue weighted by molar-refractivity contribution is -0.143. The van der Waals surface area contributed by atoms with Gasteiger partial charge in [-0.2, -0.15) is 0 Å². The molecule has 0 fully saturated rings. The fourth-order valence-electron chi connectivity index (χ4n) is 1.96. The molecule has 0 saturated carbocycles. The summed E-state index contributed by atoms with van der Waals surface area (Å²) in [7, 11) is 1.59. The number of benzene rings is 1. The molecular weight excluding hydrogens is 270 g/mol. The van der Waals surface area contributed by atoms with Crippen LogP contribution in [0.4, 0.5) is 0 Å². The summed E-state index contributed by atoms with van der Waals surface area (Å²) in [5.74, 6) is -0.382. The van der Waals surface area contributed by atoms with Crippen LogP contribution in [0.2, 0.25) is 0 Å². The van der Waals surface area contributed by atoms with E-state index in [0.717, 1.165) is 5.56 Å². The highest BCUT2D eigenvalue weighted by Gasteiger charge is 2.18. The molecular formula is C16H23NO4. The van der Waals surface area contributed by atoms with Gasteiger partial charge < -0.3 is 14.4 Å². The van der Waals surface area contributed by atoms with Gasteiger partial charge in [-0.15, -0.1) is 0 Å². The number of hydrogen-bond donors (Lipinski definition) is 0. The van der Waals surface area contributed by atoms with Crippen LogP contribution in [0.5, 0.6) is 0 Å². The Morgan fingerprint density at radius 1 is 1.19 bits per heavy atom. The average molecular weight is 293 g/mol. The third kappa shape index (κ3) is 5.55. The van der Waals surface area contributed by atoms with E-state index in [2.05, 4.69) is 0 Å². The number of aryl methyl sites for hydroxylation is 1. The van der Waals surface area contributed by atoms with Crippen molar-refractivity contribution in [2.45, 2.75) is 20.3 Å². The summed E-state index contributed by atoms with van der Waals surface area (Å²) in [5.41, 5.74) is 1.57. The van der Waals surface area contributed by atoms with Crippen molar-refractivity contribution in [3.8, 4) is 0 Å².